The highest BCUT2D eigenvalue weighted by atomic mass is 19.4. The summed E-state index contributed by atoms with van der Waals surface area (Å²) in [5.74, 6) is -1.87. The van der Waals surface area contributed by atoms with Crippen molar-refractivity contribution in [3.8, 4) is 6.07 Å². The largest absolute Gasteiger partial charge is 0.416 e. The Morgan fingerprint density at radius 1 is 1.40 bits per heavy atom. The highest BCUT2D eigenvalue weighted by Gasteiger charge is 2.32. The maximum atomic E-state index is 13.5. The highest BCUT2D eigenvalue weighted by molar-refractivity contribution is 5.94. The maximum Gasteiger partial charge on any atom is 0.416 e. The van der Waals surface area contributed by atoms with Gasteiger partial charge in [0.15, 0.2) is 0 Å². The van der Waals surface area contributed by atoms with Crippen molar-refractivity contribution in [2.75, 3.05) is 13.1 Å². The number of nitriles is 1. The van der Waals surface area contributed by atoms with Crippen LogP contribution in [-0.4, -0.2) is 23.9 Å². The molecule has 3 nitrogen and oxygen atoms in total. The Morgan fingerprint density at radius 3 is 2.55 bits per heavy atom. The third-order valence-electron chi connectivity index (χ3n) is 2.69. The van der Waals surface area contributed by atoms with Crippen molar-refractivity contribution in [3.05, 3.63) is 35.1 Å². The van der Waals surface area contributed by atoms with Crippen LogP contribution in [0.4, 0.5) is 17.6 Å². The molecule has 0 fully saturated rings. The van der Waals surface area contributed by atoms with Crippen molar-refractivity contribution in [2.45, 2.75) is 19.5 Å². The fourth-order valence-electron chi connectivity index (χ4n) is 1.62. The lowest BCUT2D eigenvalue weighted by Gasteiger charge is -2.20. The normalized spacial score (nSPS) is 11.0. The Morgan fingerprint density at radius 2 is 2.05 bits per heavy atom. The Balaban J connectivity index is 3.11. The summed E-state index contributed by atoms with van der Waals surface area (Å²) in [6.45, 7) is 1.82. The minimum absolute atomic E-state index is 0.0279. The van der Waals surface area contributed by atoms with Gasteiger partial charge in [0.2, 0.25) is 0 Å². The molecule has 20 heavy (non-hydrogen) atoms. The number of carbonyl (C=O) groups excluding carboxylic acids is 1. The molecule has 1 rings (SSSR count). The first-order valence-corrected chi connectivity index (χ1v) is 5.84. The number of hydrogen-bond donors (Lipinski definition) is 0. The van der Waals surface area contributed by atoms with E-state index in [1.165, 1.54) is 0 Å². The number of halogens is 4. The molecule has 1 aromatic rings. The minimum atomic E-state index is -4.65. The molecule has 0 heterocycles. The molecule has 0 N–H and O–H groups in total. The topological polar surface area (TPSA) is 44.1 Å². The fourth-order valence-corrected chi connectivity index (χ4v) is 1.62. The summed E-state index contributed by atoms with van der Waals surface area (Å²) in [6.07, 6.45) is -4.62. The van der Waals surface area contributed by atoms with Gasteiger partial charge in [0.25, 0.3) is 5.91 Å². The number of amides is 1. The van der Waals surface area contributed by atoms with E-state index in [1.54, 1.807) is 6.92 Å². The molecule has 0 spiro atoms. The van der Waals surface area contributed by atoms with Crippen LogP contribution in [0.25, 0.3) is 0 Å². The smallest absolute Gasteiger partial charge is 0.338 e. The summed E-state index contributed by atoms with van der Waals surface area (Å²) >= 11 is 0. The third-order valence-corrected chi connectivity index (χ3v) is 2.69. The quantitative estimate of drug-likeness (QED) is 0.798. The van der Waals surface area contributed by atoms with Gasteiger partial charge in [0, 0.05) is 13.1 Å². The average Bonchev–Trinajstić information content (AvgIpc) is 2.38. The number of alkyl halides is 3. The molecule has 0 unspecified atom stereocenters. The Kier molecular flexibility index (Phi) is 5.08. The number of nitrogens with zero attached hydrogens (tertiary/aromatic N) is 2. The van der Waals surface area contributed by atoms with E-state index in [2.05, 4.69) is 0 Å². The van der Waals surface area contributed by atoms with Crippen LogP contribution in [0.2, 0.25) is 0 Å². The van der Waals surface area contributed by atoms with Gasteiger partial charge in [-0.15, -0.1) is 0 Å². The molecule has 0 aliphatic heterocycles. The second-order valence-corrected chi connectivity index (χ2v) is 3.99. The van der Waals surface area contributed by atoms with Crippen LogP contribution in [0, 0.1) is 17.1 Å². The van der Waals surface area contributed by atoms with Crippen LogP contribution < -0.4 is 0 Å². The maximum absolute atomic E-state index is 13.5. The molecule has 0 aliphatic carbocycles. The van der Waals surface area contributed by atoms with Gasteiger partial charge < -0.3 is 4.90 Å². The molecule has 0 saturated heterocycles. The van der Waals surface area contributed by atoms with Gasteiger partial charge in [-0.2, -0.15) is 18.4 Å². The van der Waals surface area contributed by atoms with Gasteiger partial charge in [0.05, 0.1) is 23.6 Å². The molecule has 1 amide bonds. The molecule has 108 valence electrons. The van der Waals surface area contributed by atoms with Crippen molar-refractivity contribution in [1.82, 2.24) is 4.90 Å². The predicted molar refractivity (Wildman–Crippen MR) is 63.2 cm³/mol. The SMILES string of the molecule is CCN(CCC#N)C(=O)c1cc(C(F)(F)F)ccc1F. The monoisotopic (exact) mass is 288 g/mol. The van der Waals surface area contributed by atoms with Crippen LogP contribution in [0.5, 0.6) is 0 Å². The zero-order valence-electron chi connectivity index (χ0n) is 10.7. The number of carbonyl (C=O) groups is 1. The lowest BCUT2D eigenvalue weighted by Crippen LogP contribution is -2.32. The first-order chi connectivity index (χ1) is 9.31. The van der Waals surface area contributed by atoms with Crippen LogP contribution in [0.3, 0.4) is 0 Å². The van der Waals surface area contributed by atoms with Gasteiger partial charge in [-0.1, -0.05) is 0 Å². The molecule has 7 heteroatoms. The average molecular weight is 288 g/mol. The second kappa shape index (κ2) is 6.37. The molecule has 0 saturated carbocycles. The fraction of sp³-hybridized carbons (Fsp3) is 0.385. The molecule has 0 atom stereocenters. The van der Waals surface area contributed by atoms with E-state index in [-0.39, 0.29) is 19.5 Å². The van der Waals surface area contributed by atoms with E-state index >= 15 is 0 Å². The van der Waals surface area contributed by atoms with E-state index in [9.17, 15) is 22.4 Å². The molecule has 0 aromatic heterocycles. The zero-order valence-corrected chi connectivity index (χ0v) is 10.7. The summed E-state index contributed by atoms with van der Waals surface area (Å²) in [5, 5.41) is 8.46. The standard InChI is InChI=1S/C13H12F4N2O/c1-2-19(7-3-6-18)12(20)10-8-9(13(15,16)17)4-5-11(10)14/h4-5,8H,2-3,7H2,1H3. The molecular weight excluding hydrogens is 276 g/mol. The molecule has 1 aromatic carbocycles. The first kappa shape index (κ1) is 16.0. The van der Waals surface area contributed by atoms with Gasteiger partial charge in [-0.05, 0) is 25.1 Å². The zero-order chi connectivity index (χ0) is 15.3. The predicted octanol–water partition coefficient (Wildman–Crippen LogP) is 3.22. The van der Waals surface area contributed by atoms with Crippen LogP contribution in [-0.2, 0) is 6.18 Å². The van der Waals surface area contributed by atoms with Crippen LogP contribution in [0.15, 0.2) is 18.2 Å². The van der Waals surface area contributed by atoms with E-state index in [1.807, 2.05) is 6.07 Å². The number of hydrogen-bond acceptors (Lipinski definition) is 2. The van der Waals surface area contributed by atoms with E-state index in [0.717, 1.165) is 4.90 Å². The second-order valence-electron chi connectivity index (χ2n) is 3.99. The Bertz CT molecular complexity index is 534. The lowest BCUT2D eigenvalue weighted by atomic mass is 10.1. The summed E-state index contributed by atoms with van der Waals surface area (Å²) < 4.78 is 51.2. The summed E-state index contributed by atoms with van der Waals surface area (Å²) in [4.78, 5) is 13.1. The third kappa shape index (κ3) is 3.70. The van der Waals surface area contributed by atoms with Gasteiger partial charge >= 0.3 is 6.18 Å². The molecular formula is C13H12F4N2O. The van der Waals surface area contributed by atoms with E-state index in [4.69, 9.17) is 5.26 Å². The van der Waals surface area contributed by atoms with E-state index in [0.29, 0.717) is 18.2 Å². The van der Waals surface area contributed by atoms with Crippen molar-refractivity contribution < 1.29 is 22.4 Å². The van der Waals surface area contributed by atoms with Crippen molar-refractivity contribution in [3.63, 3.8) is 0 Å². The number of rotatable bonds is 4. The summed E-state index contributed by atoms with van der Waals surface area (Å²) in [6, 6.07) is 3.51. The number of benzene rings is 1. The van der Waals surface area contributed by atoms with Crippen molar-refractivity contribution in [1.29, 1.82) is 5.26 Å². The molecule has 0 bridgehead atoms. The summed E-state index contributed by atoms with van der Waals surface area (Å²) in [5.41, 5.74) is -1.72. The summed E-state index contributed by atoms with van der Waals surface area (Å²) in [7, 11) is 0. The Hall–Kier alpha value is -2.10. The van der Waals surface area contributed by atoms with Crippen LogP contribution in [0.1, 0.15) is 29.3 Å². The Labute approximate surface area is 113 Å². The highest BCUT2D eigenvalue weighted by Crippen LogP contribution is 2.30. The molecule has 0 aliphatic rings. The molecule has 0 radical (unpaired) electrons. The van der Waals surface area contributed by atoms with Gasteiger partial charge in [0.1, 0.15) is 5.82 Å². The van der Waals surface area contributed by atoms with Gasteiger partial charge in [-0.25, -0.2) is 4.39 Å². The van der Waals surface area contributed by atoms with Crippen LogP contribution >= 0.6 is 0 Å². The van der Waals surface area contributed by atoms with E-state index < -0.39 is 29.0 Å². The van der Waals surface area contributed by atoms with Crippen molar-refractivity contribution in [2.24, 2.45) is 0 Å². The first-order valence-electron chi connectivity index (χ1n) is 5.84. The minimum Gasteiger partial charge on any atom is -0.338 e. The van der Waals surface area contributed by atoms with Crippen molar-refractivity contribution >= 4 is 5.91 Å². The van der Waals surface area contributed by atoms with Gasteiger partial charge in [-0.3, -0.25) is 4.79 Å². The lowest BCUT2D eigenvalue weighted by molar-refractivity contribution is -0.137.